The van der Waals surface area contributed by atoms with Gasteiger partial charge in [-0.15, -0.1) is 0 Å². The van der Waals surface area contributed by atoms with Crippen LogP contribution < -0.4 is 9.80 Å². The SMILES string of the molecule is Cc1ccccc1N(c1ccccc1C)c1cc2oc3cc(N(c4ccccc4C)c4ccccc4C)c4ccccc4c3c2c2ccccc12. The second kappa shape index (κ2) is 12.2. The van der Waals surface area contributed by atoms with Crippen LogP contribution >= 0.6 is 0 Å². The van der Waals surface area contributed by atoms with Crippen molar-refractivity contribution in [2.45, 2.75) is 27.7 Å². The van der Waals surface area contributed by atoms with Gasteiger partial charge in [-0.05, 0) is 85.0 Å². The van der Waals surface area contributed by atoms with Crippen LogP contribution in [0.1, 0.15) is 22.3 Å². The molecule has 1 aromatic heterocycles. The molecule has 0 aliphatic carbocycles. The smallest absolute Gasteiger partial charge is 0.138 e. The van der Waals surface area contributed by atoms with Crippen molar-refractivity contribution < 1.29 is 4.42 Å². The summed E-state index contributed by atoms with van der Waals surface area (Å²) in [5.41, 5.74) is 13.3. The lowest BCUT2D eigenvalue weighted by molar-refractivity contribution is 0.669. The minimum atomic E-state index is 0.867. The standard InChI is InChI=1S/C48H38N2O/c1-31-17-5-13-25-39(31)49(40-26-14-6-18-32(40)2)43-29-45-47(37-23-11-9-21-35(37)43)48-38-24-12-10-22-36(38)44(30-46(48)51-45)50(41-27-15-7-19-33(41)3)42-28-16-8-20-34(42)4/h5-30H,1-4H3. The van der Waals surface area contributed by atoms with Gasteiger partial charge < -0.3 is 14.2 Å². The lowest BCUT2D eigenvalue weighted by Gasteiger charge is -2.29. The van der Waals surface area contributed by atoms with Crippen molar-refractivity contribution in [1.82, 2.24) is 0 Å². The van der Waals surface area contributed by atoms with Crippen LogP contribution in [0.25, 0.3) is 43.5 Å². The Labute approximate surface area is 298 Å². The number of hydrogen-bond acceptors (Lipinski definition) is 3. The normalized spacial score (nSPS) is 11.5. The van der Waals surface area contributed by atoms with Gasteiger partial charge in [0.05, 0.1) is 11.4 Å². The molecular weight excluding hydrogens is 621 g/mol. The summed E-state index contributed by atoms with van der Waals surface area (Å²) in [5, 5.41) is 6.97. The van der Waals surface area contributed by atoms with Gasteiger partial charge in [-0.1, -0.05) is 121 Å². The largest absolute Gasteiger partial charge is 0.456 e. The molecule has 0 aliphatic heterocycles. The Kier molecular flexibility index (Phi) is 7.36. The lowest BCUT2D eigenvalue weighted by Crippen LogP contribution is -2.13. The Morgan fingerprint density at radius 3 is 0.902 bits per heavy atom. The number of para-hydroxylation sites is 4. The van der Waals surface area contributed by atoms with Crippen LogP contribution in [0.5, 0.6) is 0 Å². The van der Waals surface area contributed by atoms with Gasteiger partial charge >= 0.3 is 0 Å². The molecule has 9 aromatic rings. The van der Waals surface area contributed by atoms with Crippen molar-refractivity contribution in [2.75, 3.05) is 9.80 Å². The van der Waals surface area contributed by atoms with E-state index in [0.717, 1.165) is 56.1 Å². The van der Waals surface area contributed by atoms with E-state index >= 15 is 0 Å². The Balaban J connectivity index is 1.39. The van der Waals surface area contributed by atoms with Crippen LogP contribution in [0.2, 0.25) is 0 Å². The number of hydrogen-bond donors (Lipinski definition) is 0. The van der Waals surface area contributed by atoms with E-state index in [-0.39, 0.29) is 0 Å². The highest BCUT2D eigenvalue weighted by molar-refractivity contribution is 6.30. The monoisotopic (exact) mass is 658 g/mol. The summed E-state index contributed by atoms with van der Waals surface area (Å²) in [5.74, 6) is 0. The molecule has 3 heteroatoms. The van der Waals surface area contributed by atoms with Crippen molar-refractivity contribution in [1.29, 1.82) is 0 Å². The number of furan rings is 1. The average Bonchev–Trinajstić information content (AvgIpc) is 3.53. The summed E-state index contributed by atoms with van der Waals surface area (Å²) in [6.45, 7) is 8.74. The third-order valence-electron chi connectivity index (χ3n) is 10.4. The molecule has 9 rings (SSSR count). The van der Waals surface area contributed by atoms with E-state index < -0.39 is 0 Å². The number of aryl methyl sites for hydroxylation is 4. The molecule has 51 heavy (non-hydrogen) atoms. The van der Waals surface area contributed by atoms with Gasteiger partial charge in [-0.3, -0.25) is 0 Å². The van der Waals surface area contributed by atoms with Crippen molar-refractivity contribution in [3.8, 4) is 0 Å². The highest BCUT2D eigenvalue weighted by Crippen LogP contribution is 2.50. The molecule has 0 aliphatic rings. The van der Waals surface area contributed by atoms with E-state index in [0.29, 0.717) is 0 Å². The summed E-state index contributed by atoms with van der Waals surface area (Å²) in [7, 11) is 0. The fourth-order valence-electron chi connectivity index (χ4n) is 7.86. The van der Waals surface area contributed by atoms with Crippen molar-refractivity contribution in [2.24, 2.45) is 0 Å². The molecule has 0 saturated carbocycles. The van der Waals surface area contributed by atoms with Crippen LogP contribution in [0, 0.1) is 27.7 Å². The summed E-state index contributed by atoms with van der Waals surface area (Å²) >= 11 is 0. The van der Waals surface area contributed by atoms with Crippen molar-refractivity contribution in [3.63, 3.8) is 0 Å². The van der Waals surface area contributed by atoms with E-state index in [1.807, 2.05) is 0 Å². The Hall–Kier alpha value is -6.32. The molecule has 0 radical (unpaired) electrons. The van der Waals surface area contributed by atoms with Gasteiger partial charge in [0.2, 0.25) is 0 Å². The van der Waals surface area contributed by atoms with Crippen LogP contribution in [-0.4, -0.2) is 0 Å². The summed E-state index contributed by atoms with van der Waals surface area (Å²) in [6.07, 6.45) is 0. The van der Waals surface area contributed by atoms with E-state index in [2.05, 4.69) is 195 Å². The predicted octanol–water partition coefficient (Wildman–Crippen LogP) is 14.1. The molecule has 0 saturated heterocycles. The first-order chi connectivity index (χ1) is 25.0. The van der Waals surface area contributed by atoms with Gasteiger partial charge in [-0.2, -0.15) is 0 Å². The van der Waals surface area contributed by atoms with Gasteiger partial charge in [0.15, 0.2) is 0 Å². The molecule has 8 aromatic carbocycles. The van der Waals surface area contributed by atoms with E-state index in [4.69, 9.17) is 4.42 Å². The highest BCUT2D eigenvalue weighted by Gasteiger charge is 2.25. The summed E-state index contributed by atoms with van der Waals surface area (Å²) in [6, 6.07) is 56.6. The number of rotatable bonds is 6. The fraction of sp³-hybridized carbons (Fsp3) is 0.0833. The van der Waals surface area contributed by atoms with Crippen LogP contribution in [-0.2, 0) is 0 Å². The molecule has 0 bridgehead atoms. The van der Waals surface area contributed by atoms with Crippen molar-refractivity contribution in [3.05, 3.63) is 180 Å². The first-order valence-corrected chi connectivity index (χ1v) is 17.6. The van der Waals surface area contributed by atoms with Crippen LogP contribution in [0.15, 0.2) is 162 Å². The molecule has 0 spiro atoms. The summed E-state index contributed by atoms with van der Waals surface area (Å²) < 4.78 is 7.06. The first-order valence-electron chi connectivity index (χ1n) is 17.6. The van der Waals surface area contributed by atoms with Crippen molar-refractivity contribution >= 4 is 77.6 Å². The van der Waals surface area contributed by atoms with Crippen LogP contribution in [0.3, 0.4) is 0 Å². The highest BCUT2D eigenvalue weighted by atomic mass is 16.3. The first kappa shape index (κ1) is 30.7. The Morgan fingerprint density at radius 1 is 0.314 bits per heavy atom. The molecule has 0 N–H and O–H groups in total. The van der Waals surface area contributed by atoms with Gasteiger partial charge in [0.1, 0.15) is 11.2 Å². The van der Waals surface area contributed by atoms with E-state index in [1.165, 1.54) is 43.8 Å². The van der Waals surface area contributed by atoms with Gasteiger partial charge in [-0.25, -0.2) is 0 Å². The Bertz CT molecular complexity index is 2490. The molecule has 246 valence electrons. The molecule has 3 nitrogen and oxygen atoms in total. The molecule has 0 amide bonds. The maximum Gasteiger partial charge on any atom is 0.138 e. The maximum absolute atomic E-state index is 7.06. The maximum atomic E-state index is 7.06. The quantitative estimate of drug-likeness (QED) is 0.177. The molecule has 0 fully saturated rings. The predicted molar refractivity (Wildman–Crippen MR) is 217 cm³/mol. The fourth-order valence-corrected chi connectivity index (χ4v) is 7.86. The zero-order chi connectivity index (χ0) is 34.6. The molecule has 0 unspecified atom stereocenters. The number of anilines is 6. The zero-order valence-corrected chi connectivity index (χ0v) is 29.3. The third kappa shape index (κ3) is 4.96. The second-order valence-corrected chi connectivity index (χ2v) is 13.5. The number of nitrogens with zero attached hydrogens (tertiary/aromatic N) is 2. The van der Waals surface area contributed by atoms with E-state index in [9.17, 15) is 0 Å². The molecular formula is C48H38N2O. The number of benzene rings is 8. The number of fused-ring (bicyclic) bond motifs is 7. The van der Waals surface area contributed by atoms with Gasteiger partial charge in [0, 0.05) is 56.4 Å². The Morgan fingerprint density at radius 2 is 0.588 bits per heavy atom. The van der Waals surface area contributed by atoms with Crippen LogP contribution in [0.4, 0.5) is 34.1 Å². The average molecular weight is 659 g/mol. The summed E-state index contributed by atoms with van der Waals surface area (Å²) in [4.78, 5) is 4.81. The van der Waals surface area contributed by atoms with Gasteiger partial charge in [0.25, 0.3) is 0 Å². The molecule has 0 atom stereocenters. The minimum absolute atomic E-state index is 0.867. The lowest BCUT2D eigenvalue weighted by atomic mass is 9.96. The minimum Gasteiger partial charge on any atom is -0.456 e. The molecule has 1 heterocycles. The zero-order valence-electron chi connectivity index (χ0n) is 29.3. The van der Waals surface area contributed by atoms with E-state index in [1.54, 1.807) is 0 Å². The topological polar surface area (TPSA) is 19.6 Å². The second-order valence-electron chi connectivity index (χ2n) is 13.5. The third-order valence-corrected chi connectivity index (χ3v) is 10.4.